The van der Waals surface area contributed by atoms with Gasteiger partial charge in [-0.1, -0.05) is 78.9 Å². The van der Waals surface area contributed by atoms with Crippen LogP contribution in [0.15, 0.2) is 114 Å². The third-order valence-electron chi connectivity index (χ3n) is 6.60. The Morgan fingerprint density at radius 1 is 0.714 bits per heavy atom. The number of nitrogens with zero attached hydrogens (tertiary/aromatic N) is 3. The first-order valence-electron chi connectivity index (χ1n) is 11.7. The molecule has 5 heteroatoms. The molecule has 0 saturated heterocycles. The Morgan fingerprint density at radius 3 is 2.17 bits per heavy atom. The van der Waals surface area contributed by atoms with Crippen LogP contribution in [0.1, 0.15) is 22.9 Å². The summed E-state index contributed by atoms with van der Waals surface area (Å²) >= 11 is 0. The largest absolute Gasteiger partial charge is 0.307 e. The van der Waals surface area contributed by atoms with Gasteiger partial charge in [-0.3, -0.25) is 14.2 Å². The van der Waals surface area contributed by atoms with E-state index in [-0.39, 0.29) is 11.5 Å². The summed E-state index contributed by atoms with van der Waals surface area (Å²) in [4.78, 5) is 34.1. The molecule has 0 fully saturated rings. The van der Waals surface area contributed by atoms with Crippen LogP contribution in [-0.2, 0) is 17.8 Å². The Bertz CT molecular complexity index is 1590. The predicted octanol–water partition coefficient (Wildman–Crippen LogP) is 5.26. The van der Waals surface area contributed by atoms with Gasteiger partial charge in [0.25, 0.3) is 5.56 Å². The van der Waals surface area contributed by atoms with Gasteiger partial charge in [0.15, 0.2) is 0 Å². The van der Waals surface area contributed by atoms with Gasteiger partial charge in [-0.2, -0.15) is 0 Å². The summed E-state index contributed by atoms with van der Waals surface area (Å²) in [5, 5.41) is 0.559. The van der Waals surface area contributed by atoms with Crippen LogP contribution in [0, 0.1) is 0 Å². The van der Waals surface area contributed by atoms with E-state index in [2.05, 4.69) is 0 Å². The molecule has 1 amide bonds. The molecule has 1 atom stereocenters. The third-order valence-corrected chi connectivity index (χ3v) is 6.60. The van der Waals surface area contributed by atoms with Crippen molar-refractivity contribution in [1.29, 1.82) is 0 Å². The van der Waals surface area contributed by atoms with E-state index in [4.69, 9.17) is 4.98 Å². The molecule has 0 radical (unpaired) electrons. The lowest BCUT2D eigenvalue weighted by Gasteiger charge is -2.19. The van der Waals surface area contributed by atoms with Crippen molar-refractivity contribution in [2.24, 2.45) is 0 Å². The molecule has 1 aliphatic rings. The van der Waals surface area contributed by atoms with E-state index in [0.29, 0.717) is 29.7 Å². The predicted molar refractivity (Wildman–Crippen MR) is 138 cm³/mol. The maximum absolute atomic E-state index is 13.8. The molecule has 0 N–H and O–H groups in total. The molecular weight excluding hydrogens is 434 g/mol. The Hall–Kier alpha value is -4.51. The Morgan fingerprint density at radius 2 is 1.37 bits per heavy atom. The van der Waals surface area contributed by atoms with Gasteiger partial charge < -0.3 is 4.90 Å². The van der Waals surface area contributed by atoms with Crippen LogP contribution >= 0.6 is 0 Å². The monoisotopic (exact) mass is 457 g/mol. The highest BCUT2D eigenvalue weighted by atomic mass is 16.2. The number of hydrogen-bond acceptors (Lipinski definition) is 3. The van der Waals surface area contributed by atoms with E-state index >= 15 is 0 Å². The molecule has 1 aromatic heterocycles. The third kappa shape index (κ3) is 3.71. The van der Waals surface area contributed by atoms with Crippen molar-refractivity contribution < 1.29 is 4.79 Å². The molecule has 6 rings (SSSR count). The second-order valence-corrected chi connectivity index (χ2v) is 8.75. The fraction of sp³-hybridized carbons (Fsp3) is 0.100. The van der Waals surface area contributed by atoms with Crippen LogP contribution in [-0.4, -0.2) is 15.5 Å². The fourth-order valence-electron chi connectivity index (χ4n) is 4.94. The summed E-state index contributed by atoms with van der Waals surface area (Å²) < 4.78 is 1.65. The number of benzene rings is 4. The van der Waals surface area contributed by atoms with Gasteiger partial charge in [0.2, 0.25) is 5.91 Å². The molecule has 4 aromatic carbocycles. The minimum Gasteiger partial charge on any atom is -0.307 e. The van der Waals surface area contributed by atoms with Crippen molar-refractivity contribution in [2.45, 2.75) is 18.9 Å². The number of anilines is 1. The first-order valence-corrected chi connectivity index (χ1v) is 11.7. The summed E-state index contributed by atoms with van der Waals surface area (Å²) in [6.45, 7) is 0.504. The summed E-state index contributed by atoms with van der Waals surface area (Å²) in [5.41, 5.74) is 4.21. The first kappa shape index (κ1) is 21.1. The van der Waals surface area contributed by atoms with Gasteiger partial charge in [-0.15, -0.1) is 0 Å². The average molecular weight is 458 g/mol. The van der Waals surface area contributed by atoms with Crippen molar-refractivity contribution in [1.82, 2.24) is 9.55 Å². The summed E-state index contributed by atoms with van der Waals surface area (Å²) in [7, 11) is 0. The molecule has 0 unspecified atom stereocenters. The van der Waals surface area contributed by atoms with Crippen molar-refractivity contribution in [2.75, 3.05) is 4.90 Å². The van der Waals surface area contributed by atoms with E-state index in [1.54, 1.807) is 10.6 Å². The van der Waals surface area contributed by atoms with Crippen LogP contribution < -0.4 is 10.5 Å². The second-order valence-electron chi connectivity index (χ2n) is 8.75. The summed E-state index contributed by atoms with van der Waals surface area (Å²) in [5.74, 6) is 0.185. The number of amides is 1. The number of fused-ring (bicyclic) bond motifs is 2. The minimum absolute atomic E-state index is 0.0251. The van der Waals surface area contributed by atoms with Crippen molar-refractivity contribution >= 4 is 22.5 Å². The first-order chi connectivity index (χ1) is 17.2. The molecule has 5 aromatic rings. The zero-order chi connectivity index (χ0) is 23.8. The Labute approximate surface area is 202 Å². The second kappa shape index (κ2) is 8.69. The quantitative estimate of drug-likeness (QED) is 0.362. The van der Waals surface area contributed by atoms with E-state index in [1.807, 2.05) is 108 Å². The Balaban J connectivity index is 1.46. The van der Waals surface area contributed by atoms with Gasteiger partial charge in [0.1, 0.15) is 5.82 Å². The molecule has 35 heavy (non-hydrogen) atoms. The van der Waals surface area contributed by atoms with Gasteiger partial charge in [-0.05, 0) is 41.5 Å². The van der Waals surface area contributed by atoms with Crippen molar-refractivity contribution in [3.05, 3.63) is 136 Å². The summed E-state index contributed by atoms with van der Waals surface area (Å²) in [6, 6.07) is 34.8. The highest BCUT2D eigenvalue weighted by Gasteiger charge is 2.38. The number of rotatable bonds is 5. The number of carbonyl (C=O) groups is 1. The molecule has 0 spiro atoms. The lowest BCUT2D eigenvalue weighted by Crippen LogP contribution is -2.31. The van der Waals surface area contributed by atoms with Crippen molar-refractivity contribution in [3.8, 4) is 5.69 Å². The number of aromatic nitrogens is 2. The number of hydrogen-bond donors (Lipinski definition) is 0. The van der Waals surface area contributed by atoms with Crippen LogP contribution in [0.2, 0.25) is 0 Å². The lowest BCUT2D eigenvalue weighted by molar-refractivity contribution is -0.119. The topological polar surface area (TPSA) is 55.2 Å². The number of para-hydroxylation sites is 3. The highest BCUT2D eigenvalue weighted by Crippen LogP contribution is 2.40. The highest BCUT2D eigenvalue weighted by molar-refractivity contribution is 6.05. The maximum Gasteiger partial charge on any atom is 0.265 e. The van der Waals surface area contributed by atoms with E-state index in [9.17, 15) is 9.59 Å². The maximum atomic E-state index is 13.8. The molecule has 0 saturated carbocycles. The smallest absolute Gasteiger partial charge is 0.265 e. The molecular formula is C30H23N3O2. The minimum atomic E-state index is -0.419. The molecule has 170 valence electrons. The average Bonchev–Trinajstić information content (AvgIpc) is 3.16. The molecule has 0 bridgehead atoms. The Kier molecular flexibility index (Phi) is 5.23. The van der Waals surface area contributed by atoms with Gasteiger partial charge in [-0.25, -0.2) is 4.98 Å². The van der Waals surface area contributed by atoms with E-state index in [0.717, 1.165) is 22.5 Å². The van der Waals surface area contributed by atoms with Gasteiger partial charge in [0.05, 0.1) is 29.1 Å². The van der Waals surface area contributed by atoms with E-state index < -0.39 is 5.92 Å². The van der Waals surface area contributed by atoms with Crippen LogP contribution in [0.4, 0.5) is 5.69 Å². The molecule has 1 aliphatic heterocycles. The van der Waals surface area contributed by atoms with Gasteiger partial charge >= 0.3 is 0 Å². The zero-order valence-electron chi connectivity index (χ0n) is 19.0. The van der Waals surface area contributed by atoms with E-state index in [1.165, 1.54) is 0 Å². The van der Waals surface area contributed by atoms with Crippen molar-refractivity contribution in [3.63, 3.8) is 0 Å². The normalized spacial score (nSPS) is 14.9. The standard InChI is InChI=1S/C30H23N3O2/c34-29-25(23-15-8-10-18-27(23)32(29)20-21-11-3-1-4-12-21)19-28-31-26-17-9-7-16-24(26)30(35)33(28)22-13-5-2-6-14-22/h1-18,25H,19-20H2/t25-/m0/s1. The van der Waals surface area contributed by atoms with Crippen LogP contribution in [0.25, 0.3) is 16.6 Å². The molecule has 5 nitrogen and oxygen atoms in total. The van der Waals surface area contributed by atoms with Crippen LogP contribution in [0.5, 0.6) is 0 Å². The lowest BCUT2D eigenvalue weighted by atomic mass is 9.96. The van der Waals surface area contributed by atoms with Crippen LogP contribution in [0.3, 0.4) is 0 Å². The number of carbonyl (C=O) groups excluding carboxylic acids is 1. The zero-order valence-corrected chi connectivity index (χ0v) is 19.0. The van der Waals surface area contributed by atoms with Gasteiger partial charge in [0, 0.05) is 12.1 Å². The molecule has 0 aliphatic carbocycles. The fourth-order valence-corrected chi connectivity index (χ4v) is 4.94. The summed E-state index contributed by atoms with van der Waals surface area (Å²) in [6.07, 6.45) is 0.329. The SMILES string of the molecule is O=C1[C@@H](Cc2nc3ccccc3c(=O)n2-c2ccccc2)c2ccccc2N1Cc1ccccc1. The molecule has 2 heterocycles.